The Kier molecular flexibility index (Phi) is 6.48. The van der Waals surface area contributed by atoms with Crippen molar-refractivity contribution in [3.63, 3.8) is 0 Å². The summed E-state index contributed by atoms with van der Waals surface area (Å²) in [5, 5.41) is 14.5. The molecule has 1 saturated heterocycles. The van der Waals surface area contributed by atoms with Crippen LogP contribution in [0.1, 0.15) is 40.6 Å². The van der Waals surface area contributed by atoms with Gasteiger partial charge < -0.3 is 10.1 Å². The lowest BCUT2D eigenvalue weighted by Gasteiger charge is -2.27. The van der Waals surface area contributed by atoms with Crippen LogP contribution in [0.4, 0.5) is 17.6 Å². The molecule has 4 heterocycles. The second kappa shape index (κ2) is 9.78. The highest BCUT2D eigenvalue weighted by atomic mass is 19.4. The van der Waals surface area contributed by atoms with Crippen LogP contribution in [-0.2, 0) is 10.9 Å². The third-order valence-electron chi connectivity index (χ3n) is 5.99. The molecule has 1 aliphatic rings. The van der Waals surface area contributed by atoms with Crippen LogP contribution in [0.25, 0.3) is 16.9 Å². The second-order valence-electron chi connectivity index (χ2n) is 8.56. The maximum Gasteiger partial charge on any atom is 0.419 e. The average Bonchev–Trinajstić information content (AvgIpc) is 3.31. The maximum absolute atomic E-state index is 14.5. The minimum atomic E-state index is -4.89. The molecule has 0 saturated carbocycles. The molecule has 1 amide bonds. The molecule has 4 aromatic rings. The summed E-state index contributed by atoms with van der Waals surface area (Å²) < 4.78 is 61.6. The van der Waals surface area contributed by atoms with Crippen molar-refractivity contribution in [3.05, 3.63) is 88.0 Å². The van der Waals surface area contributed by atoms with Crippen LogP contribution in [0.2, 0.25) is 0 Å². The van der Waals surface area contributed by atoms with E-state index in [1.54, 1.807) is 23.1 Å². The van der Waals surface area contributed by atoms with E-state index < -0.39 is 35.1 Å². The van der Waals surface area contributed by atoms with Gasteiger partial charge in [-0.25, -0.2) is 9.07 Å². The molecule has 0 radical (unpaired) electrons. The molecule has 0 unspecified atom stereocenters. The molecule has 0 spiro atoms. The Labute approximate surface area is 211 Å². The van der Waals surface area contributed by atoms with Gasteiger partial charge in [-0.05, 0) is 25.1 Å². The highest BCUT2D eigenvalue weighted by molar-refractivity contribution is 5.92. The number of halogens is 4. The molecule has 1 N–H and O–H groups in total. The number of ether oxygens (including phenoxy) is 1. The number of hydrogen-bond acceptors (Lipinski definition) is 7. The number of rotatable bonds is 6. The number of carbonyl (C=O) groups excluding carboxylic acids is 1. The quantitative estimate of drug-likeness (QED) is 0.382. The number of aromatic nitrogens is 6. The van der Waals surface area contributed by atoms with Crippen LogP contribution in [0.15, 0.2) is 59.8 Å². The lowest BCUT2D eigenvalue weighted by molar-refractivity contribution is -0.140. The summed E-state index contributed by atoms with van der Waals surface area (Å²) in [6, 6.07) is 5.62. The van der Waals surface area contributed by atoms with Crippen molar-refractivity contribution in [2.75, 3.05) is 13.2 Å². The van der Waals surface area contributed by atoms with E-state index in [1.165, 1.54) is 13.1 Å². The number of hydrogen-bond donors (Lipinski definition) is 1. The van der Waals surface area contributed by atoms with E-state index in [9.17, 15) is 27.2 Å². The van der Waals surface area contributed by atoms with Gasteiger partial charge in [-0.2, -0.15) is 23.0 Å². The third kappa shape index (κ3) is 4.77. The van der Waals surface area contributed by atoms with E-state index in [1.807, 2.05) is 0 Å². The topological polar surface area (TPSA) is 117 Å². The number of benzene rings is 1. The van der Waals surface area contributed by atoms with E-state index in [0.29, 0.717) is 30.5 Å². The van der Waals surface area contributed by atoms with Gasteiger partial charge in [0.25, 0.3) is 11.5 Å². The summed E-state index contributed by atoms with van der Waals surface area (Å²) in [4.78, 5) is 29.6. The van der Waals surface area contributed by atoms with Gasteiger partial charge in [-0.15, -0.1) is 5.10 Å². The number of nitrogens with zero attached hydrogens (tertiary/aromatic N) is 6. The van der Waals surface area contributed by atoms with Gasteiger partial charge in [0.05, 0.1) is 48.6 Å². The van der Waals surface area contributed by atoms with Crippen LogP contribution in [0, 0.1) is 5.82 Å². The first kappa shape index (κ1) is 25.2. The van der Waals surface area contributed by atoms with Gasteiger partial charge in [0.2, 0.25) is 0 Å². The Hall–Kier alpha value is -4.46. The molecule has 1 aliphatic heterocycles. The fourth-order valence-electron chi connectivity index (χ4n) is 3.94. The first-order valence-corrected chi connectivity index (χ1v) is 11.3. The van der Waals surface area contributed by atoms with E-state index >= 15 is 0 Å². The van der Waals surface area contributed by atoms with Crippen LogP contribution in [0.3, 0.4) is 0 Å². The van der Waals surface area contributed by atoms with Gasteiger partial charge in [-0.3, -0.25) is 14.6 Å². The highest BCUT2D eigenvalue weighted by Crippen LogP contribution is 2.34. The van der Waals surface area contributed by atoms with Gasteiger partial charge in [-0.1, -0.05) is 17.3 Å². The molecule has 1 atom stereocenters. The van der Waals surface area contributed by atoms with E-state index in [4.69, 9.17) is 4.74 Å². The molecule has 3 aromatic heterocycles. The number of carbonyl (C=O) groups is 1. The normalized spacial score (nSPS) is 14.7. The van der Waals surface area contributed by atoms with Crippen molar-refractivity contribution in [2.24, 2.45) is 0 Å². The van der Waals surface area contributed by atoms with Gasteiger partial charge in [0, 0.05) is 23.4 Å². The minimum absolute atomic E-state index is 0.0210. The predicted molar refractivity (Wildman–Crippen MR) is 124 cm³/mol. The molecule has 5 rings (SSSR count). The van der Waals surface area contributed by atoms with Crippen molar-refractivity contribution in [1.82, 2.24) is 35.1 Å². The van der Waals surface area contributed by atoms with Crippen molar-refractivity contribution in [1.29, 1.82) is 0 Å². The van der Waals surface area contributed by atoms with Crippen LogP contribution < -0.4 is 10.9 Å². The lowest BCUT2D eigenvalue weighted by Crippen LogP contribution is -2.32. The number of alkyl halides is 3. The van der Waals surface area contributed by atoms with E-state index in [2.05, 4.69) is 25.7 Å². The zero-order valence-corrected chi connectivity index (χ0v) is 19.7. The zero-order chi connectivity index (χ0) is 27.0. The monoisotopic (exact) mass is 529 g/mol. The smallest absolute Gasteiger partial charge is 0.377 e. The number of pyridine rings is 1. The number of amides is 1. The molecule has 14 heteroatoms. The van der Waals surface area contributed by atoms with Crippen molar-refractivity contribution in [3.8, 4) is 16.9 Å². The largest absolute Gasteiger partial charge is 0.419 e. The van der Waals surface area contributed by atoms with Crippen molar-refractivity contribution in [2.45, 2.75) is 25.2 Å². The fourth-order valence-corrected chi connectivity index (χ4v) is 3.94. The predicted octanol–water partition coefficient (Wildman–Crippen LogP) is 3.11. The molecular formula is C24H19F4N7O3. The first-order valence-electron chi connectivity index (χ1n) is 11.3. The SMILES string of the molecule is C[C@@H](NC(=O)c1ccc(=O)n(-c2cncc(-c3cnnn3C3COC3)c2)n1)c1cccc(C(F)(F)F)c1F. The summed E-state index contributed by atoms with van der Waals surface area (Å²) in [6.45, 7) is 2.32. The van der Waals surface area contributed by atoms with Gasteiger partial charge >= 0.3 is 6.18 Å². The molecule has 10 nitrogen and oxygen atoms in total. The first-order chi connectivity index (χ1) is 18.1. The Balaban J connectivity index is 1.41. The van der Waals surface area contributed by atoms with Gasteiger partial charge in [0.15, 0.2) is 0 Å². The standard InChI is InChI=1S/C24H19F4N7O3/c1-13(17-3-2-4-18(22(17)25)24(26,27)28)31-23(37)19-5-6-21(36)35(32-19)15-7-14(8-29-9-15)20-10-30-33-34(20)16-11-38-12-16/h2-10,13,16H,11-12H2,1H3,(H,31,37)/t13-/m1/s1. The molecule has 1 aromatic carbocycles. The Bertz CT molecular complexity index is 1560. The third-order valence-corrected chi connectivity index (χ3v) is 5.99. The maximum atomic E-state index is 14.5. The molecule has 0 aliphatic carbocycles. The minimum Gasteiger partial charge on any atom is -0.377 e. The number of nitrogens with one attached hydrogen (secondary N) is 1. The van der Waals surface area contributed by atoms with Crippen LogP contribution >= 0.6 is 0 Å². The Morgan fingerprint density at radius 2 is 1.95 bits per heavy atom. The van der Waals surface area contributed by atoms with Gasteiger partial charge in [0.1, 0.15) is 17.6 Å². The zero-order valence-electron chi connectivity index (χ0n) is 19.7. The summed E-state index contributed by atoms with van der Waals surface area (Å²) in [6.07, 6.45) is -0.401. The highest BCUT2D eigenvalue weighted by Gasteiger charge is 2.35. The molecule has 196 valence electrons. The van der Waals surface area contributed by atoms with E-state index in [-0.39, 0.29) is 23.0 Å². The fraction of sp³-hybridized carbons (Fsp3) is 0.250. The average molecular weight is 529 g/mol. The van der Waals surface area contributed by atoms with E-state index in [0.717, 1.165) is 28.9 Å². The van der Waals surface area contributed by atoms with Crippen molar-refractivity contribution >= 4 is 5.91 Å². The Morgan fingerprint density at radius 1 is 1.16 bits per heavy atom. The second-order valence-corrected chi connectivity index (χ2v) is 8.56. The lowest BCUT2D eigenvalue weighted by atomic mass is 10.0. The van der Waals surface area contributed by atoms with Crippen LogP contribution in [0.5, 0.6) is 0 Å². The molecular weight excluding hydrogens is 510 g/mol. The molecule has 38 heavy (non-hydrogen) atoms. The van der Waals surface area contributed by atoms with Crippen LogP contribution in [-0.4, -0.2) is 48.9 Å². The summed E-state index contributed by atoms with van der Waals surface area (Å²) in [7, 11) is 0. The summed E-state index contributed by atoms with van der Waals surface area (Å²) in [5.41, 5.74) is -1.07. The van der Waals surface area contributed by atoms with Crippen molar-refractivity contribution < 1.29 is 27.1 Å². The Morgan fingerprint density at radius 3 is 2.66 bits per heavy atom. The molecule has 1 fully saturated rings. The molecule has 0 bridgehead atoms. The summed E-state index contributed by atoms with van der Waals surface area (Å²) in [5.74, 6) is -2.30. The summed E-state index contributed by atoms with van der Waals surface area (Å²) >= 11 is 0.